The van der Waals surface area contributed by atoms with Gasteiger partial charge in [0.25, 0.3) is 0 Å². The molecule has 1 unspecified atom stereocenters. The van der Waals surface area contributed by atoms with Crippen LogP contribution < -0.4 is 10.1 Å². The van der Waals surface area contributed by atoms with Crippen molar-refractivity contribution in [3.63, 3.8) is 0 Å². The summed E-state index contributed by atoms with van der Waals surface area (Å²) in [5.41, 5.74) is 1.20. The molecule has 1 aromatic carbocycles. The summed E-state index contributed by atoms with van der Waals surface area (Å²) in [6, 6.07) is 8.32. The third-order valence-corrected chi connectivity index (χ3v) is 2.93. The van der Waals surface area contributed by atoms with Crippen molar-refractivity contribution in [2.24, 2.45) is 0 Å². The summed E-state index contributed by atoms with van der Waals surface area (Å²) in [5, 5.41) is 3.28. The summed E-state index contributed by atoms with van der Waals surface area (Å²) in [5.74, 6) is 0.864. The fourth-order valence-corrected chi connectivity index (χ4v) is 1.88. The van der Waals surface area contributed by atoms with Crippen molar-refractivity contribution >= 4 is 0 Å². The summed E-state index contributed by atoms with van der Waals surface area (Å²) in [6.45, 7) is 1.25. The van der Waals surface area contributed by atoms with Gasteiger partial charge in [-0.05, 0) is 44.8 Å². The SMILES string of the molecule is COc1cccc(C(CNCCCF)N(C)C)c1. The Morgan fingerprint density at radius 1 is 1.39 bits per heavy atom. The van der Waals surface area contributed by atoms with Gasteiger partial charge in [-0.25, -0.2) is 0 Å². The standard InChI is InChI=1S/C14H23FN2O/c1-17(2)14(11-16-9-5-8-15)12-6-4-7-13(10-12)18-3/h4,6-7,10,14,16H,5,8-9,11H2,1-3H3. The van der Waals surface area contributed by atoms with E-state index in [1.807, 2.05) is 32.3 Å². The van der Waals surface area contributed by atoms with E-state index in [1.165, 1.54) is 5.56 Å². The van der Waals surface area contributed by atoms with Gasteiger partial charge in [-0.2, -0.15) is 0 Å². The van der Waals surface area contributed by atoms with Gasteiger partial charge in [-0.1, -0.05) is 12.1 Å². The van der Waals surface area contributed by atoms with Gasteiger partial charge in [0, 0.05) is 12.6 Å². The van der Waals surface area contributed by atoms with Crippen LogP contribution in [0.1, 0.15) is 18.0 Å². The summed E-state index contributed by atoms with van der Waals surface area (Å²) in [4.78, 5) is 2.15. The molecule has 0 saturated heterocycles. The highest BCUT2D eigenvalue weighted by Crippen LogP contribution is 2.21. The Kier molecular flexibility index (Phi) is 6.68. The van der Waals surface area contributed by atoms with Crippen molar-refractivity contribution in [3.8, 4) is 5.75 Å². The first-order valence-corrected chi connectivity index (χ1v) is 6.26. The average molecular weight is 254 g/mol. The lowest BCUT2D eigenvalue weighted by molar-refractivity contribution is 0.286. The largest absolute Gasteiger partial charge is 0.497 e. The molecule has 0 aromatic heterocycles. The first kappa shape index (κ1) is 14.9. The van der Waals surface area contributed by atoms with Crippen molar-refractivity contribution < 1.29 is 9.13 Å². The minimum atomic E-state index is -0.265. The highest BCUT2D eigenvalue weighted by atomic mass is 19.1. The van der Waals surface area contributed by atoms with Gasteiger partial charge in [0.1, 0.15) is 5.75 Å². The van der Waals surface area contributed by atoms with Crippen LogP contribution in [0, 0.1) is 0 Å². The van der Waals surface area contributed by atoms with Gasteiger partial charge in [-0.3, -0.25) is 4.39 Å². The fourth-order valence-electron chi connectivity index (χ4n) is 1.88. The number of likely N-dealkylation sites (N-methyl/N-ethyl adjacent to an activating group) is 1. The summed E-state index contributed by atoms with van der Waals surface area (Å²) >= 11 is 0. The van der Waals surface area contributed by atoms with Gasteiger partial charge in [0.05, 0.1) is 13.8 Å². The molecule has 0 fully saturated rings. The molecule has 0 saturated carbocycles. The van der Waals surface area contributed by atoms with E-state index >= 15 is 0 Å². The number of halogens is 1. The molecular formula is C14H23FN2O. The van der Waals surface area contributed by atoms with Crippen molar-refractivity contribution in [2.45, 2.75) is 12.5 Å². The smallest absolute Gasteiger partial charge is 0.119 e. The first-order chi connectivity index (χ1) is 8.69. The lowest BCUT2D eigenvalue weighted by atomic mass is 10.1. The van der Waals surface area contributed by atoms with E-state index in [0.29, 0.717) is 13.0 Å². The molecule has 0 radical (unpaired) electrons. The molecule has 18 heavy (non-hydrogen) atoms. The van der Waals surface area contributed by atoms with Crippen LogP contribution in [0.25, 0.3) is 0 Å². The predicted molar refractivity (Wildman–Crippen MR) is 72.9 cm³/mol. The molecule has 0 aliphatic carbocycles. The van der Waals surface area contributed by atoms with E-state index < -0.39 is 0 Å². The summed E-state index contributed by atoms with van der Waals surface area (Å²) in [7, 11) is 5.76. The van der Waals surface area contributed by atoms with Crippen LogP contribution in [0.15, 0.2) is 24.3 Å². The number of hydrogen-bond donors (Lipinski definition) is 1. The lowest BCUT2D eigenvalue weighted by Gasteiger charge is -2.25. The third kappa shape index (κ3) is 4.63. The van der Waals surface area contributed by atoms with Crippen LogP contribution in [0.4, 0.5) is 4.39 Å². The van der Waals surface area contributed by atoms with Crippen LogP contribution in [0.5, 0.6) is 5.75 Å². The maximum absolute atomic E-state index is 12.0. The van der Waals surface area contributed by atoms with Gasteiger partial charge in [0.15, 0.2) is 0 Å². The van der Waals surface area contributed by atoms with Crippen LogP contribution >= 0.6 is 0 Å². The molecule has 0 aliphatic heterocycles. The Hall–Kier alpha value is -1.13. The second-order valence-corrected chi connectivity index (χ2v) is 4.50. The average Bonchev–Trinajstić information content (AvgIpc) is 2.38. The van der Waals surface area contributed by atoms with Gasteiger partial charge < -0.3 is 15.0 Å². The van der Waals surface area contributed by atoms with Crippen LogP contribution in [0.2, 0.25) is 0 Å². The number of rotatable bonds is 8. The normalized spacial score (nSPS) is 12.7. The molecule has 4 heteroatoms. The molecule has 0 amide bonds. The maximum atomic E-state index is 12.0. The zero-order chi connectivity index (χ0) is 13.4. The zero-order valence-corrected chi connectivity index (χ0v) is 11.4. The molecular weight excluding hydrogens is 231 g/mol. The molecule has 0 bridgehead atoms. The van der Waals surface area contributed by atoms with Crippen molar-refractivity contribution in [1.82, 2.24) is 10.2 Å². The summed E-state index contributed by atoms with van der Waals surface area (Å²) in [6.07, 6.45) is 0.568. The lowest BCUT2D eigenvalue weighted by Crippen LogP contribution is -2.31. The number of hydrogen-bond acceptors (Lipinski definition) is 3. The predicted octanol–water partition coefficient (Wildman–Crippen LogP) is 2.25. The quantitative estimate of drug-likeness (QED) is 0.720. The number of nitrogens with one attached hydrogen (secondary N) is 1. The molecule has 0 aliphatic rings. The number of methoxy groups -OCH3 is 1. The van der Waals surface area contributed by atoms with Crippen molar-refractivity contribution in [1.29, 1.82) is 0 Å². The Morgan fingerprint density at radius 2 is 2.17 bits per heavy atom. The van der Waals surface area contributed by atoms with Crippen molar-refractivity contribution in [3.05, 3.63) is 29.8 Å². The minimum Gasteiger partial charge on any atom is -0.497 e. The monoisotopic (exact) mass is 254 g/mol. The van der Waals surface area contributed by atoms with E-state index in [1.54, 1.807) is 7.11 Å². The summed E-state index contributed by atoms with van der Waals surface area (Å²) < 4.78 is 17.3. The Balaban J connectivity index is 2.65. The molecule has 3 nitrogen and oxygen atoms in total. The number of alkyl halides is 1. The molecule has 1 atom stereocenters. The zero-order valence-electron chi connectivity index (χ0n) is 11.4. The first-order valence-electron chi connectivity index (χ1n) is 6.26. The number of benzene rings is 1. The molecule has 1 aromatic rings. The number of ether oxygens (including phenoxy) is 1. The van der Waals surface area contributed by atoms with Crippen molar-refractivity contribution in [2.75, 3.05) is 41.0 Å². The molecule has 1 rings (SSSR count). The maximum Gasteiger partial charge on any atom is 0.119 e. The molecule has 0 spiro atoms. The van der Waals surface area contributed by atoms with E-state index in [2.05, 4.69) is 16.3 Å². The second-order valence-electron chi connectivity index (χ2n) is 4.50. The number of nitrogens with zero attached hydrogens (tertiary/aromatic N) is 1. The fraction of sp³-hybridized carbons (Fsp3) is 0.571. The highest BCUT2D eigenvalue weighted by molar-refractivity contribution is 5.30. The van der Waals surface area contributed by atoms with E-state index in [0.717, 1.165) is 12.3 Å². The highest BCUT2D eigenvalue weighted by Gasteiger charge is 2.13. The Morgan fingerprint density at radius 3 is 2.78 bits per heavy atom. The minimum absolute atomic E-state index is 0.264. The van der Waals surface area contributed by atoms with E-state index in [9.17, 15) is 4.39 Å². The van der Waals surface area contributed by atoms with Gasteiger partial charge >= 0.3 is 0 Å². The molecule has 102 valence electrons. The second kappa shape index (κ2) is 8.06. The van der Waals surface area contributed by atoms with E-state index in [-0.39, 0.29) is 12.7 Å². The Bertz CT molecular complexity index is 344. The van der Waals surface area contributed by atoms with Gasteiger partial charge in [0.2, 0.25) is 0 Å². The van der Waals surface area contributed by atoms with Gasteiger partial charge in [-0.15, -0.1) is 0 Å². The van der Waals surface area contributed by atoms with Crippen LogP contribution in [-0.4, -0.2) is 45.9 Å². The van der Waals surface area contributed by atoms with Crippen LogP contribution in [-0.2, 0) is 0 Å². The molecule has 0 heterocycles. The molecule has 1 N–H and O–H groups in total. The third-order valence-electron chi connectivity index (χ3n) is 2.93. The van der Waals surface area contributed by atoms with E-state index in [4.69, 9.17) is 4.74 Å². The topological polar surface area (TPSA) is 24.5 Å². The van der Waals surface area contributed by atoms with Crippen LogP contribution in [0.3, 0.4) is 0 Å². The Labute approximate surface area is 109 Å².